The molecule has 3 rings (SSSR count). The highest BCUT2D eigenvalue weighted by Gasteiger charge is 2.30. The minimum absolute atomic E-state index is 0.0691. The number of aryl methyl sites for hydroxylation is 1. The van der Waals surface area contributed by atoms with Gasteiger partial charge in [-0.3, -0.25) is 9.59 Å². The number of carbonyl (C=O) groups excluding carboxylic acids is 2. The van der Waals surface area contributed by atoms with E-state index in [0.717, 1.165) is 37.0 Å². The van der Waals surface area contributed by atoms with Crippen molar-refractivity contribution in [1.82, 2.24) is 10.2 Å². The number of nitrogens with one attached hydrogen (secondary N) is 1. The van der Waals surface area contributed by atoms with Crippen molar-refractivity contribution in [3.8, 4) is 0 Å². The number of hydrogen-bond acceptors (Lipinski definition) is 3. The molecular formula is C26H33FN2O2S. The Labute approximate surface area is 195 Å². The molecule has 0 aliphatic heterocycles. The number of hydrogen-bond donors (Lipinski definition) is 1. The van der Waals surface area contributed by atoms with E-state index in [2.05, 4.69) is 30.4 Å². The van der Waals surface area contributed by atoms with E-state index < -0.39 is 6.04 Å². The highest BCUT2D eigenvalue weighted by Crippen LogP contribution is 2.21. The van der Waals surface area contributed by atoms with Crippen molar-refractivity contribution in [3.05, 3.63) is 71.0 Å². The quantitative estimate of drug-likeness (QED) is 0.532. The van der Waals surface area contributed by atoms with Crippen molar-refractivity contribution < 1.29 is 14.0 Å². The largest absolute Gasteiger partial charge is 0.352 e. The summed E-state index contributed by atoms with van der Waals surface area (Å²) in [6.07, 6.45) is 4.81. The van der Waals surface area contributed by atoms with Crippen LogP contribution in [0.3, 0.4) is 0 Å². The lowest BCUT2D eigenvalue weighted by atomic mass is 10.1. The maximum absolute atomic E-state index is 13.4. The molecule has 1 unspecified atom stereocenters. The Bertz CT molecular complexity index is 897. The number of benzene rings is 2. The third kappa shape index (κ3) is 7.09. The second-order valence-electron chi connectivity index (χ2n) is 8.54. The highest BCUT2D eigenvalue weighted by atomic mass is 32.2. The summed E-state index contributed by atoms with van der Waals surface area (Å²) >= 11 is 1.55. The molecule has 0 radical (unpaired) electrons. The van der Waals surface area contributed by atoms with Gasteiger partial charge in [-0.25, -0.2) is 4.39 Å². The van der Waals surface area contributed by atoms with E-state index in [-0.39, 0.29) is 23.7 Å². The molecule has 1 aliphatic rings. The van der Waals surface area contributed by atoms with Gasteiger partial charge in [-0.05, 0) is 49.4 Å². The Hall–Kier alpha value is -2.34. The van der Waals surface area contributed by atoms with Gasteiger partial charge < -0.3 is 10.2 Å². The normalized spacial score (nSPS) is 14.8. The van der Waals surface area contributed by atoms with E-state index in [0.29, 0.717) is 18.7 Å². The van der Waals surface area contributed by atoms with E-state index in [4.69, 9.17) is 0 Å². The second kappa shape index (κ2) is 12.0. The summed E-state index contributed by atoms with van der Waals surface area (Å²) in [7, 11) is 0. The lowest BCUT2D eigenvalue weighted by Gasteiger charge is -2.31. The molecule has 1 saturated carbocycles. The van der Waals surface area contributed by atoms with Crippen LogP contribution in [-0.4, -0.2) is 34.6 Å². The summed E-state index contributed by atoms with van der Waals surface area (Å²) in [5.41, 5.74) is 3.19. The van der Waals surface area contributed by atoms with Crippen LogP contribution in [0.25, 0.3) is 0 Å². The average molecular weight is 457 g/mol. The molecule has 172 valence electrons. The molecule has 2 aromatic carbocycles. The minimum atomic E-state index is -0.535. The SMILES string of the molecule is CCC(C(=O)NC1CCCC1)N(Cc1ccc(F)cc1)C(=O)CSCc1cccc(C)c1. The first-order chi connectivity index (χ1) is 15.5. The number of nitrogens with zero attached hydrogens (tertiary/aromatic N) is 1. The van der Waals surface area contributed by atoms with Gasteiger partial charge in [-0.1, -0.05) is 61.7 Å². The van der Waals surface area contributed by atoms with Gasteiger partial charge in [0, 0.05) is 18.3 Å². The van der Waals surface area contributed by atoms with Gasteiger partial charge >= 0.3 is 0 Å². The number of halogens is 1. The maximum atomic E-state index is 13.4. The molecule has 1 fully saturated rings. The summed E-state index contributed by atoms with van der Waals surface area (Å²) in [6, 6.07) is 14.1. The fourth-order valence-electron chi connectivity index (χ4n) is 4.21. The van der Waals surface area contributed by atoms with Crippen LogP contribution < -0.4 is 5.32 Å². The van der Waals surface area contributed by atoms with Gasteiger partial charge in [0.15, 0.2) is 0 Å². The topological polar surface area (TPSA) is 49.4 Å². The second-order valence-corrected chi connectivity index (χ2v) is 9.53. The Morgan fingerprint density at radius 3 is 2.50 bits per heavy atom. The van der Waals surface area contributed by atoms with Gasteiger partial charge in [-0.15, -0.1) is 11.8 Å². The molecule has 1 aliphatic carbocycles. The van der Waals surface area contributed by atoms with E-state index in [1.54, 1.807) is 28.8 Å². The van der Waals surface area contributed by atoms with Gasteiger partial charge in [-0.2, -0.15) is 0 Å². The molecule has 2 amide bonds. The number of carbonyl (C=O) groups is 2. The van der Waals surface area contributed by atoms with Crippen molar-refractivity contribution >= 4 is 23.6 Å². The fourth-order valence-corrected chi connectivity index (χ4v) is 5.07. The zero-order valence-electron chi connectivity index (χ0n) is 19.0. The Morgan fingerprint density at radius 2 is 1.84 bits per heavy atom. The van der Waals surface area contributed by atoms with Crippen LogP contribution in [0.15, 0.2) is 48.5 Å². The van der Waals surface area contributed by atoms with Crippen LogP contribution >= 0.6 is 11.8 Å². The monoisotopic (exact) mass is 456 g/mol. The molecular weight excluding hydrogens is 423 g/mol. The first-order valence-electron chi connectivity index (χ1n) is 11.4. The number of amides is 2. The van der Waals surface area contributed by atoms with Crippen LogP contribution in [0.1, 0.15) is 55.7 Å². The maximum Gasteiger partial charge on any atom is 0.243 e. The van der Waals surface area contributed by atoms with Crippen molar-refractivity contribution in [3.63, 3.8) is 0 Å². The highest BCUT2D eigenvalue weighted by molar-refractivity contribution is 7.99. The third-order valence-corrected chi connectivity index (χ3v) is 6.92. The Kier molecular flexibility index (Phi) is 9.15. The van der Waals surface area contributed by atoms with Crippen LogP contribution in [0.5, 0.6) is 0 Å². The summed E-state index contributed by atoms with van der Waals surface area (Å²) in [6.45, 7) is 4.28. The van der Waals surface area contributed by atoms with E-state index in [9.17, 15) is 14.0 Å². The van der Waals surface area contributed by atoms with Crippen LogP contribution in [0, 0.1) is 12.7 Å². The minimum Gasteiger partial charge on any atom is -0.352 e. The Morgan fingerprint density at radius 1 is 1.12 bits per heavy atom. The van der Waals surface area contributed by atoms with Gasteiger partial charge in [0.05, 0.1) is 5.75 Å². The molecule has 0 heterocycles. The standard InChI is InChI=1S/C26H33FN2O2S/c1-3-24(26(31)28-23-9-4-5-10-23)29(16-20-11-13-22(27)14-12-20)25(30)18-32-17-21-8-6-7-19(2)15-21/h6-8,11-15,23-24H,3-5,9-10,16-18H2,1-2H3,(H,28,31). The predicted octanol–water partition coefficient (Wildman–Crippen LogP) is 5.23. The molecule has 0 spiro atoms. The number of rotatable bonds is 10. The lowest BCUT2D eigenvalue weighted by Crippen LogP contribution is -2.51. The molecule has 0 aromatic heterocycles. The summed E-state index contributed by atoms with van der Waals surface area (Å²) < 4.78 is 13.4. The lowest BCUT2D eigenvalue weighted by molar-refractivity contribution is -0.139. The molecule has 2 aromatic rings. The van der Waals surface area contributed by atoms with Crippen molar-refractivity contribution in [1.29, 1.82) is 0 Å². The van der Waals surface area contributed by atoms with Crippen LogP contribution in [-0.2, 0) is 21.9 Å². The van der Waals surface area contributed by atoms with E-state index in [1.807, 2.05) is 13.0 Å². The zero-order chi connectivity index (χ0) is 22.9. The molecule has 0 saturated heterocycles. The first kappa shape index (κ1) is 24.3. The van der Waals surface area contributed by atoms with Gasteiger partial charge in [0.25, 0.3) is 0 Å². The molecule has 6 heteroatoms. The molecule has 32 heavy (non-hydrogen) atoms. The van der Waals surface area contributed by atoms with Gasteiger partial charge in [0.1, 0.15) is 11.9 Å². The molecule has 0 bridgehead atoms. The predicted molar refractivity (Wildman–Crippen MR) is 129 cm³/mol. The fraction of sp³-hybridized carbons (Fsp3) is 0.462. The van der Waals surface area contributed by atoms with Crippen LogP contribution in [0.4, 0.5) is 4.39 Å². The van der Waals surface area contributed by atoms with Crippen molar-refractivity contribution in [2.24, 2.45) is 0 Å². The molecule has 4 nitrogen and oxygen atoms in total. The molecule has 1 N–H and O–H groups in total. The first-order valence-corrected chi connectivity index (χ1v) is 12.6. The van der Waals surface area contributed by atoms with Gasteiger partial charge in [0.2, 0.25) is 11.8 Å². The summed E-state index contributed by atoms with van der Waals surface area (Å²) in [5, 5.41) is 3.15. The smallest absolute Gasteiger partial charge is 0.243 e. The molecule has 1 atom stereocenters. The van der Waals surface area contributed by atoms with E-state index in [1.165, 1.54) is 23.3 Å². The summed E-state index contributed by atoms with van der Waals surface area (Å²) in [4.78, 5) is 28.0. The zero-order valence-corrected chi connectivity index (χ0v) is 19.8. The van der Waals surface area contributed by atoms with Crippen molar-refractivity contribution in [2.75, 3.05) is 5.75 Å². The Balaban J connectivity index is 1.69. The average Bonchev–Trinajstić information content (AvgIpc) is 3.28. The van der Waals surface area contributed by atoms with E-state index >= 15 is 0 Å². The summed E-state index contributed by atoms with van der Waals surface area (Å²) in [5.74, 6) is 0.566. The van der Waals surface area contributed by atoms with Crippen LogP contribution in [0.2, 0.25) is 0 Å². The third-order valence-electron chi connectivity index (χ3n) is 5.93. The number of thioether (sulfide) groups is 1. The van der Waals surface area contributed by atoms with Crippen molar-refractivity contribution in [2.45, 2.75) is 70.3 Å².